The van der Waals surface area contributed by atoms with Crippen LogP contribution in [0.15, 0.2) is 0 Å². The van der Waals surface area contributed by atoms with Crippen LogP contribution in [-0.2, 0) is 14.3 Å². The van der Waals surface area contributed by atoms with Gasteiger partial charge in [-0.15, -0.1) is 0 Å². The molecule has 0 saturated carbocycles. The third-order valence-electron chi connectivity index (χ3n) is 2.41. The first-order valence-corrected chi connectivity index (χ1v) is 4.19. The maximum Gasteiger partial charge on any atom is 0.223 e. The van der Waals surface area contributed by atoms with E-state index < -0.39 is 0 Å². The van der Waals surface area contributed by atoms with Crippen LogP contribution in [0.2, 0.25) is 0 Å². The van der Waals surface area contributed by atoms with Crippen LogP contribution in [0, 0.1) is 0 Å². The highest BCUT2D eigenvalue weighted by Gasteiger charge is 2.36. The van der Waals surface area contributed by atoms with Crippen molar-refractivity contribution in [2.75, 3.05) is 19.8 Å². The standard InChI is InChI=1S/C8H11NO3/c10-7-1-2-8(11)9-3-4-12-5-6(7)9/h6H,1-5H2. The molecule has 1 unspecified atom stereocenters. The van der Waals surface area contributed by atoms with Crippen molar-refractivity contribution in [2.24, 2.45) is 0 Å². The lowest BCUT2D eigenvalue weighted by atomic mass is 10.00. The number of hydrogen-bond acceptors (Lipinski definition) is 3. The van der Waals surface area contributed by atoms with E-state index in [0.29, 0.717) is 32.6 Å². The van der Waals surface area contributed by atoms with Gasteiger partial charge in [-0.25, -0.2) is 0 Å². The molecule has 4 heteroatoms. The normalized spacial score (nSPS) is 30.3. The first kappa shape index (κ1) is 7.73. The molecular formula is C8H11NO3. The fourth-order valence-corrected chi connectivity index (χ4v) is 1.71. The van der Waals surface area contributed by atoms with Crippen LogP contribution in [-0.4, -0.2) is 42.4 Å². The number of piperidine rings is 1. The third-order valence-corrected chi connectivity index (χ3v) is 2.41. The number of ketones is 1. The summed E-state index contributed by atoms with van der Waals surface area (Å²) < 4.78 is 5.14. The van der Waals surface area contributed by atoms with E-state index in [1.807, 2.05) is 0 Å². The highest BCUT2D eigenvalue weighted by molar-refractivity contribution is 5.95. The van der Waals surface area contributed by atoms with Crippen LogP contribution in [0.4, 0.5) is 0 Å². The zero-order chi connectivity index (χ0) is 8.55. The molecule has 2 fully saturated rings. The van der Waals surface area contributed by atoms with Gasteiger partial charge in [-0.3, -0.25) is 9.59 Å². The molecular weight excluding hydrogens is 158 g/mol. The summed E-state index contributed by atoms with van der Waals surface area (Å²) in [4.78, 5) is 24.2. The SMILES string of the molecule is O=C1CCC(=O)N2CCOCC12. The Labute approximate surface area is 70.5 Å². The summed E-state index contributed by atoms with van der Waals surface area (Å²) in [7, 11) is 0. The molecule has 0 N–H and O–H groups in total. The Bertz CT molecular complexity index is 202. The van der Waals surface area contributed by atoms with Crippen molar-refractivity contribution in [1.82, 2.24) is 4.90 Å². The van der Waals surface area contributed by atoms with Gasteiger partial charge in [0.25, 0.3) is 0 Å². The first-order chi connectivity index (χ1) is 5.79. The number of Topliss-reactive ketones (excluding diaryl/α,β-unsaturated/α-hetero) is 1. The molecule has 0 radical (unpaired) electrons. The minimum absolute atomic E-state index is 0.0999. The van der Waals surface area contributed by atoms with Crippen LogP contribution >= 0.6 is 0 Å². The van der Waals surface area contributed by atoms with Crippen molar-refractivity contribution >= 4 is 11.7 Å². The number of carbonyl (C=O) groups excluding carboxylic acids is 2. The Balaban J connectivity index is 2.16. The Kier molecular flexibility index (Phi) is 1.84. The summed E-state index contributed by atoms with van der Waals surface area (Å²) in [5.74, 6) is 0.247. The van der Waals surface area contributed by atoms with E-state index in [4.69, 9.17) is 4.74 Å². The van der Waals surface area contributed by atoms with Gasteiger partial charge in [0.2, 0.25) is 5.91 Å². The molecule has 1 atom stereocenters. The molecule has 0 aromatic rings. The van der Waals surface area contributed by atoms with Crippen molar-refractivity contribution in [3.05, 3.63) is 0 Å². The second kappa shape index (κ2) is 2.86. The smallest absolute Gasteiger partial charge is 0.223 e. The fourth-order valence-electron chi connectivity index (χ4n) is 1.71. The molecule has 4 nitrogen and oxygen atoms in total. The summed E-state index contributed by atoms with van der Waals surface area (Å²) in [5.41, 5.74) is 0. The van der Waals surface area contributed by atoms with Gasteiger partial charge in [-0.05, 0) is 0 Å². The van der Waals surface area contributed by atoms with E-state index >= 15 is 0 Å². The average Bonchev–Trinajstić information content (AvgIpc) is 2.12. The zero-order valence-electron chi connectivity index (χ0n) is 6.78. The molecule has 2 aliphatic rings. The van der Waals surface area contributed by atoms with Gasteiger partial charge in [0.1, 0.15) is 6.04 Å². The van der Waals surface area contributed by atoms with Gasteiger partial charge < -0.3 is 9.64 Å². The third kappa shape index (κ3) is 1.12. The zero-order valence-corrected chi connectivity index (χ0v) is 6.78. The van der Waals surface area contributed by atoms with E-state index in [1.165, 1.54) is 0 Å². The monoisotopic (exact) mass is 169 g/mol. The Morgan fingerprint density at radius 3 is 2.92 bits per heavy atom. The number of hydrogen-bond donors (Lipinski definition) is 0. The topological polar surface area (TPSA) is 46.6 Å². The first-order valence-electron chi connectivity index (χ1n) is 4.19. The van der Waals surface area contributed by atoms with Crippen LogP contribution in [0.1, 0.15) is 12.8 Å². The van der Waals surface area contributed by atoms with Gasteiger partial charge in [0.05, 0.1) is 13.2 Å². The predicted octanol–water partition coefficient (Wildman–Crippen LogP) is -0.423. The van der Waals surface area contributed by atoms with Crippen molar-refractivity contribution in [3.8, 4) is 0 Å². The van der Waals surface area contributed by atoms with Gasteiger partial charge >= 0.3 is 0 Å². The van der Waals surface area contributed by atoms with E-state index in [1.54, 1.807) is 4.90 Å². The molecule has 0 aromatic carbocycles. The Morgan fingerprint density at radius 1 is 1.33 bits per heavy atom. The van der Waals surface area contributed by atoms with Crippen molar-refractivity contribution in [3.63, 3.8) is 0 Å². The molecule has 2 aliphatic heterocycles. The molecule has 66 valence electrons. The second-order valence-electron chi connectivity index (χ2n) is 3.14. The summed E-state index contributed by atoms with van der Waals surface area (Å²) in [6.45, 7) is 1.54. The molecule has 1 amide bonds. The molecule has 0 spiro atoms. The van der Waals surface area contributed by atoms with E-state index in [9.17, 15) is 9.59 Å². The molecule has 0 aliphatic carbocycles. The lowest BCUT2D eigenvalue weighted by molar-refractivity contribution is -0.153. The van der Waals surface area contributed by atoms with Crippen LogP contribution in [0.3, 0.4) is 0 Å². The fraction of sp³-hybridized carbons (Fsp3) is 0.750. The maximum atomic E-state index is 11.3. The summed E-state index contributed by atoms with van der Waals surface area (Å²) in [6.07, 6.45) is 0.776. The second-order valence-corrected chi connectivity index (χ2v) is 3.14. The van der Waals surface area contributed by atoms with E-state index in [0.717, 1.165) is 0 Å². The van der Waals surface area contributed by atoms with E-state index in [-0.39, 0.29) is 17.7 Å². The minimum Gasteiger partial charge on any atom is -0.377 e. The highest BCUT2D eigenvalue weighted by Crippen LogP contribution is 2.17. The number of fused-ring (bicyclic) bond motifs is 1. The average molecular weight is 169 g/mol. The lowest BCUT2D eigenvalue weighted by Crippen LogP contribution is -2.55. The molecule has 2 saturated heterocycles. The summed E-state index contributed by atoms with van der Waals surface area (Å²) in [5, 5.41) is 0. The van der Waals surface area contributed by atoms with Crippen LogP contribution in [0.5, 0.6) is 0 Å². The maximum absolute atomic E-state index is 11.3. The number of rotatable bonds is 0. The Hall–Kier alpha value is -0.900. The molecule has 2 heterocycles. The van der Waals surface area contributed by atoms with Crippen molar-refractivity contribution in [2.45, 2.75) is 18.9 Å². The Morgan fingerprint density at radius 2 is 2.17 bits per heavy atom. The van der Waals surface area contributed by atoms with Gasteiger partial charge in [0, 0.05) is 19.4 Å². The van der Waals surface area contributed by atoms with Crippen LogP contribution < -0.4 is 0 Å². The molecule has 0 aromatic heterocycles. The number of morpholine rings is 1. The minimum atomic E-state index is -0.278. The number of nitrogens with zero attached hydrogens (tertiary/aromatic N) is 1. The van der Waals surface area contributed by atoms with Crippen molar-refractivity contribution < 1.29 is 14.3 Å². The van der Waals surface area contributed by atoms with Gasteiger partial charge in [0.15, 0.2) is 5.78 Å². The molecule has 0 bridgehead atoms. The summed E-state index contributed by atoms with van der Waals surface area (Å²) in [6, 6.07) is -0.278. The number of ether oxygens (including phenoxy) is 1. The number of amides is 1. The van der Waals surface area contributed by atoms with Gasteiger partial charge in [-0.1, -0.05) is 0 Å². The molecule has 2 rings (SSSR count). The number of carbonyl (C=O) groups is 2. The van der Waals surface area contributed by atoms with Crippen molar-refractivity contribution in [1.29, 1.82) is 0 Å². The van der Waals surface area contributed by atoms with E-state index in [2.05, 4.69) is 0 Å². The molecule has 12 heavy (non-hydrogen) atoms. The quantitative estimate of drug-likeness (QED) is 0.494. The lowest BCUT2D eigenvalue weighted by Gasteiger charge is -2.37. The predicted molar refractivity (Wildman–Crippen MR) is 40.6 cm³/mol. The van der Waals surface area contributed by atoms with Gasteiger partial charge in [-0.2, -0.15) is 0 Å². The largest absolute Gasteiger partial charge is 0.377 e. The highest BCUT2D eigenvalue weighted by atomic mass is 16.5. The summed E-state index contributed by atoms with van der Waals surface area (Å²) >= 11 is 0. The van der Waals surface area contributed by atoms with Crippen LogP contribution in [0.25, 0.3) is 0 Å².